The van der Waals surface area contributed by atoms with Crippen molar-refractivity contribution in [1.29, 1.82) is 0 Å². The van der Waals surface area contributed by atoms with Crippen LogP contribution in [0.15, 0.2) is 24.3 Å². The lowest BCUT2D eigenvalue weighted by atomic mass is 10.2. The number of anilines is 1. The molecule has 0 saturated carbocycles. The molecule has 0 heterocycles. The summed E-state index contributed by atoms with van der Waals surface area (Å²) in [6.07, 6.45) is 0. The van der Waals surface area contributed by atoms with Crippen LogP contribution in [0, 0.1) is 0 Å². The van der Waals surface area contributed by atoms with E-state index in [1.807, 2.05) is 0 Å². The smallest absolute Gasteiger partial charge is 0.325 e. The van der Waals surface area contributed by atoms with Crippen LogP contribution in [0.5, 0.6) is 0 Å². The Bertz CT molecular complexity index is 453. The maximum atomic E-state index is 11.3. The zero-order valence-electron chi connectivity index (χ0n) is 7.80. The highest BCUT2D eigenvalue weighted by molar-refractivity contribution is 7.89. The van der Waals surface area contributed by atoms with Gasteiger partial charge in [-0.15, -0.1) is 0 Å². The number of nitrogen functional groups attached to an aromatic ring is 1. The Hall–Kier alpha value is -1.76. The Morgan fingerprint density at radius 1 is 1.27 bits per heavy atom. The van der Waals surface area contributed by atoms with E-state index in [0.29, 0.717) is 11.3 Å². The van der Waals surface area contributed by atoms with Gasteiger partial charge in [0.05, 0.1) is 5.75 Å². The number of hydrogen-bond donors (Lipinski definition) is 3. The highest BCUT2D eigenvalue weighted by Crippen LogP contribution is 2.08. The first-order valence-corrected chi connectivity index (χ1v) is 5.68. The number of sulfonamides is 1. The third kappa shape index (κ3) is 3.86. The fourth-order valence-corrected chi connectivity index (χ4v) is 2.03. The summed E-state index contributed by atoms with van der Waals surface area (Å²) in [5.41, 5.74) is 11.2. The Morgan fingerprint density at radius 3 is 2.27 bits per heavy atom. The Morgan fingerprint density at radius 2 is 1.80 bits per heavy atom. The summed E-state index contributed by atoms with van der Waals surface area (Å²) in [4.78, 5) is 10.4. The fraction of sp³-hybridized carbons (Fsp3) is 0.125. The number of amides is 2. The lowest BCUT2D eigenvalue weighted by Crippen LogP contribution is -2.35. The molecule has 0 aliphatic rings. The van der Waals surface area contributed by atoms with E-state index >= 15 is 0 Å². The molecule has 6 nitrogen and oxygen atoms in total. The molecule has 82 valence electrons. The first-order valence-electron chi connectivity index (χ1n) is 4.03. The molecule has 7 heteroatoms. The van der Waals surface area contributed by atoms with Gasteiger partial charge in [-0.3, -0.25) is 0 Å². The van der Waals surface area contributed by atoms with Crippen LogP contribution in [0.4, 0.5) is 10.5 Å². The predicted molar refractivity (Wildman–Crippen MR) is 56.2 cm³/mol. The molecular weight excluding hydrogens is 218 g/mol. The number of primary amides is 1. The number of urea groups is 1. The summed E-state index contributed by atoms with van der Waals surface area (Å²) < 4.78 is 24.2. The number of carbonyl (C=O) groups excluding carboxylic acids is 1. The van der Waals surface area contributed by atoms with E-state index in [4.69, 9.17) is 11.5 Å². The summed E-state index contributed by atoms with van der Waals surface area (Å²) in [5.74, 6) is -0.309. The quantitative estimate of drug-likeness (QED) is 0.620. The van der Waals surface area contributed by atoms with Gasteiger partial charge < -0.3 is 11.5 Å². The molecule has 0 bridgehead atoms. The molecule has 0 saturated heterocycles. The van der Waals surface area contributed by atoms with Crippen LogP contribution in [0.25, 0.3) is 0 Å². The molecule has 0 unspecified atom stereocenters. The van der Waals surface area contributed by atoms with E-state index in [2.05, 4.69) is 0 Å². The van der Waals surface area contributed by atoms with Crippen molar-refractivity contribution in [3.05, 3.63) is 29.8 Å². The second kappa shape index (κ2) is 4.18. The van der Waals surface area contributed by atoms with Crippen LogP contribution in [-0.4, -0.2) is 14.4 Å². The van der Waals surface area contributed by atoms with Crippen LogP contribution in [0.3, 0.4) is 0 Å². The van der Waals surface area contributed by atoms with E-state index in [1.165, 1.54) is 0 Å². The van der Waals surface area contributed by atoms with Gasteiger partial charge in [0.15, 0.2) is 0 Å². The van der Waals surface area contributed by atoms with Crippen molar-refractivity contribution in [1.82, 2.24) is 4.72 Å². The standard InChI is InChI=1S/C8H11N3O3S/c9-7-3-1-6(2-4-7)5-15(13,14)11-8(10)12/h1-4H,5,9H2,(H3,10,11,12). The first-order chi connectivity index (χ1) is 6.89. The molecule has 0 fully saturated rings. The molecule has 0 atom stereocenters. The first kappa shape index (κ1) is 11.3. The SMILES string of the molecule is NC(=O)NS(=O)(=O)Cc1ccc(N)cc1. The van der Waals surface area contributed by atoms with Gasteiger partial charge in [-0.1, -0.05) is 12.1 Å². The molecule has 1 rings (SSSR count). The molecule has 0 aliphatic carbocycles. The topological polar surface area (TPSA) is 115 Å². The van der Waals surface area contributed by atoms with Crippen molar-refractivity contribution < 1.29 is 13.2 Å². The number of hydrogen-bond acceptors (Lipinski definition) is 4. The van der Waals surface area contributed by atoms with Gasteiger partial charge >= 0.3 is 6.03 Å². The van der Waals surface area contributed by atoms with Crippen molar-refractivity contribution in [2.45, 2.75) is 5.75 Å². The Labute approximate surface area is 87.3 Å². The molecule has 0 radical (unpaired) electrons. The maximum Gasteiger partial charge on any atom is 0.325 e. The molecule has 1 aromatic rings. The van der Waals surface area contributed by atoms with Crippen LogP contribution in [0.2, 0.25) is 0 Å². The Balaban J connectivity index is 2.78. The molecule has 1 aromatic carbocycles. The maximum absolute atomic E-state index is 11.3. The number of benzene rings is 1. The zero-order chi connectivity index (χ0) is 11.5. The van der Waals surface area contributed by atoms with Gasteiger partial charge in [0.1, 0.15) is 0 Å². The minimum absolute atomic E-state index is 0.309. The average molecular weight is 229 g/mol. The summed E-state index contributed by atoms with van der Waals surface area (Å²) in [6.45, 7) is 0. The third-order valence-corrected chi connectivity index (χ3v) is 2.82. The van der Waals surface area contributed by atoms with Crippen molar-refractivity contribution >= 4 is 21.7 Å². The largest absolute Gasteiger partial charge is 0.399 e. The van der Waals surface area contributed by atoms with Gasteiger partial charge in [0.2, 0.25) is 10.0 Å². The predicted octanol–water partition coefficient (Wildman–Crippen LogP) is -0.233. The molecule has 2 amide bonds. The van der Waals surface area contributed by atoms with Gasteiger partial charge in [0, 0.05) is 5.69 Å². The second-order valence-electron chi connectivity index (χ2n) is 2.97. The monoisotopic (exact) mass is 229 g/mol. The summed E-state index contributed by atoms with van der Waals surface area (Å²) in [7, 11) is -3.71. The van der Waals surface area contributed by atoms with Gasteiger partial charge in [-0.25, -0.2) is 17.9 Å². The van der Waals surface area contributed by atoms with Gasteiger partial charge in [0.25, 0.3) is 0 Å². The summed E-state index contributed by atoms with van der Waals surface area (Å²) in [6, 6.07) is 5.19. The zero-order valence-corrected chi connectivity index (χ0v) is 8.62. The summed E-state index contributed by atoms with van der Waals surface area (Å²) >= 11 is 0. The highest BCUT2D eigenvalue weighted by atomic mass is 32.2. The highest BCUT2D eigenvalue weighted by Gasteiger charge is 2.12. The van der Waals surface area contributed by atoms with E-state index in [1.54, 1.807) is 29.0 Å². The number of nitrogens with two attached hydrogens (primary N) is 2. The van der Waals surface area contributed by atoms with Crippen molar-refractivity contribution in [2.75, 3.05) is 5.73 Å². The van der Waals surface area contributed by atoms with Crippen LogP contribution >= 0.6 is 0 Å². The lowest BCUT2D eigenvalue weighted by Gasteiger charge is -2.04. The number of rotatable bonds is 3. The van der Waals surface area contributed by atoms with Crippen LogP contribution in [-0.2, 0) is 15.8 Å². The van der Waals surface area contributed by atoms with Gasteiger partial charge in [-0.2, -0.15) is 0 Å². The van der Waals surface area contributed by atoms with E-state index in [9.17, 15) is 13.2 Å². The second-order valence-corrected chi connectivity index (χ2v) is 4.69. The van der Waals surface area contributed by atoms with E-state index in [-0.39, 0.29) is 5.75 Å². The molecule has 0 spiro atoms. The van der Waals surface area contributed by atoms with E-state index < -0.39 is 16.1 Å². The van der Waals surface area contributed by atoms with Crippen LogP contribution < -0.4 is 16.2 Å². The normalized spacial score (nSPS) is 10.9. The minimum atomic E-state index is -3.71. The molecular formula is C8H11N3O3S. The Kier molecular flexibility index (Phi) is 3.15. The minimum Gasteiger partial charge on any atom is -0.399 e. The van der Waals surface area contributed by atoms with Crippen molar-refractivity contribution in [2.24, 2.45) is 5.73 Å². The van der Waals surface area contributed by atoms with Crippen molar-refractivity contribution in [3.8, 4) is 0 Å². The van der Waals surface area contributed by atoms with Crippen LogP contribution in [0.1, 0.15) is 5.56 Å². The molecule has 5 N–H and O–H groups in total. The third-order valence-electron chi connectivity index (χ3n) is 1.59. The van der Waals surface area contributed by atoms with Crippen molar-refractivity contribution in [3.63, 3.8) is 0 Å². The molecule has 15 heavy (non-hydrogen) atoms. The average Bonchev–Trinajstić information content (AvgIpc) is 2.06. The molecule has 0 aliphatic heterocycles. The van der Waals surface area contributed by atoms with Gasteiger partial charge in [-0.05, 0) is 17.7 Å². The number of nitrogens with one attached hydrogen (secondary N) is 1. The fourth-order valence-electron chi connectivity index (χ4n) is 1.02. The number of carbonyl (C=O) groups is 1. The molecule has 0 aromatic heterocycles. The lowest BCUT2D eigenvalue weighted by molar-refractivity contribution is 0.253. The van der Waals surface area contributed by atoms with E-state index in [0.717, 1.165) is 0 Å². The summed E-state index contributed by atoms with van der Waals surface area (Å²) in [5, 5.41) is 0.